The molecule has 2 amide bonds. The van der Waals surface area contributed by atoms with Gasteiger partial charge in [-0.3, -0.25) is 9.59 Å². The minimum atomic E-state index is -0.197. The van der Waals surface area contributed by atoms with Gasteiger partial charge in [0.25, 0.3) is 0 Å². The van der Waals surface area contributed by atoms with Crippen molar-refractivity contribution in [2.24, 2.45) is 0 Å². The molecule has 2 N–H and O–H groups in total. The van der Waals surface area contributed by atoms with Gasteiger partial charge in [-0.05, 0) is 19.1 Å². The zero-order valence-corrected chi connectivity index (χ0v) is 12.0. The molecule has 1 rings (SSSR count). The summed E-state index contributed by atoms with van der Waals surface area (Å²) >= 11 is 0. The van der Waals surface area contributed by atoms with E-state index in [0.717, 1.165) is 5.69 Å². The van der Waals surface area contributed by atoms with Crippen LogP contribution in [0.5, 0.6) is 0 Å². The SMILES string of the molecule is CCN(C)C(=O)CNC(=O)CNc1ccccc1.Cl. The molecule has 0 spiro atoms. The van der Waals surface area contributed by atoms with Crippen LogP contribution in [0.4, 0.5) is 5.69 Å². The summed E-state index contributed by atoms with van der Waals surface area (Å²) in [5.74, 6) is -0.290. The zero-order chi connectivity index (χ0) is 13.4. The monoisotopic (exact) mass is 285 g/mol. The number of hydrogen-bond donors (Lipinski definition) is 2. The molecular weight excluding hydrogens is 266 g/mol. The van der Waals surface area contributed by atoms with Gasteiger partial charge in [-0.1, -0.05) is 18.2 Å². The minimum absolute atomic E-state index is 0. The Balaban J connectivity index is 0.00000324. The third-order valence-electron chi connectivity index (χ3n) is 2.56. The van der Waals surface area contributed by atoms with Crippen molar-refractivity contribution in [3.8, 4) is 0 Å². The van der Waals surface area contributed by atoms with Gasteiger partial charge in [-0.2, -0.15) is 0 Å². The topological polar surface area (TPSA) is 61.4 Å². The number of amides is 2. The predicted octanol–water partition coefficient (Wildman–Crippen LogP) is 1.11. The lowest BCUT2D eigenvalue weighted by molar-refractivity contribution is -0.131. The van der Waals surface area contributed by atoms with Crippen LogP contribution in [0.25, 0.3) is 0 Å². The van der Waals surface area contributed by atoms with E-state index in [1.54, 1.807) is 11.9 Å². The molecule has 0 aliphatic heterocycles. The summed E-state index contributed by atoms with van der Waals surface area (Å²) in [4.78, 5) is 24.5. The van der Waals surface area contributed by atoms with E-state index in [1.165, 1.54) is 0 Å². The van der Waals surface area contributed by atoms with E-state index >= 15 is 0 Å². The molecule has 0 saturated carbocycles. The van der Waals surface area contributed by atoms with Gasteiger partial charge < -0.3 is 15.5 Å². The van der Waals surface area contributed by atoms with Crippen molar-refractivity contribution in [1.82, 2.24) is 10.2 Å². The smallest absolute Gasteiger partial charge is 0.241 e. The molecule has 0 fully saturated rings. The molecule has 1 aromatic rings. The molecule has 0 aliphatic rings. The van der Waals surface area contributed by atoms with Crippen molar-refractivity contribution in [3.05, 3.63) is 30.3 Å². The maximum absolute atomic E-state index is 11.5. The number of para-hydroxylation sites is 1. The number of carbonyl (C=O) groups is 2. The van der Waals surface area contributed by atoms with Crippen molar-refractivity contribution >= 4 is 29.9 Å². The molecule has 106 valence electrons. The van der Waals surface area contributed by atoms with Gasteiger partial charge in [0.1, 0.15) is 0 Å². The number of anilines is 1. The average Bonchev–Trinajstić information content (AvgIpc) is 2.42. The summed E-state index contributed by atoms with van der Waals surface area (Å²) < 4.78 is 0. The largest absolute Gasteiger partial charge is 0.376 e. The first-order valence-corrected chi connectivity index (χ1v) is 5.93. The lowest BCUT2D eigenvalue weighted by Crippen LogP contribution is -2.40. The van der Waals surface area contributed by atoms with E-state index < -0.39 is 0 Å². The molecule has 0 unspecified atom stereocenters. The van der Waals surface area contributed by atoms with Crippen molar-refractivity contribution in [2.45, 2.75) is 6.92 Å². The summed E-state index contributed by atoms with van der Waals surface area (Å²) in [7, 11) is 1.71. The molecule has 19 heavy (non-hydrogen) atoms. The number of nitrogens with zero attached hydrogens (tertiary/aromatic N) is 1. The van der Waals surface area contributed by atoms with Crippen molar-refractivity contribution in [1.29, 1.82) is 0 Å². The standard InChI is InChI=1S/C13H19N3O2.ClH/c1-3-16(2)13(18)10-15-12(17)9-14-11-7-5-4-6-8-11;/h4-8,14H,3,9-10H2,1-2H3,(H,15,17);1H. The normalized spacial score (nSPS) is 9.16. The van der Waals surface area contributed by atoms with Crippen LogP contribution in [0, 0.1) is 0 Å². The Morgan fingerprint density at radius 3 is 2.37 bits per heavy atom. The maximum Gasteiger partial charge on any atom is 0.241 e. The first kappa shape index (κ1) is 17.2. The van der Waals surface area contributed by atoms with Crippen LogP contribution in [0.3, 0.4) is 0 Å². The average molecular weight is 286 g/mol. The number of hydrogen-bond acceptors (Lipinski definition) is 3. The van der Waals surface area contributed by atoms with Crippen molar-refractivity contribution in [2.75, 3.05) is 32.0 Å². The lowest BCUT2D eigenvalue weighted by atomic mass is 10.3. The van der Waals surface area contributed by atoms with Crippen LogP contribution >= 0.6 is 12.4 Å². The van der Waals surface area contributed by atoms with Crippen LogP contribution in [0.15, 0.2) is 30.3 Å². The van der Waals surface area contributed by atoms with Gasteiger partial charge in [0.05, 0.1) is 13.1 Å². The highest BCUT2D eigenvalue weighted by Crippen LogP contribution is 2.03. The maximum atomic E-state index is 11.5. The quantitative estimate of drug-likeness (QED) is 0.823. The van der Waals surface area contributed by atoms with Crippen molar-refractivity contribution < 1.29 is 9.59 Å². The molecule has 0 aromatic heterocycles. The Labute approximate surface area is 119 Å². The molecule has 5 nitrogen and oxygen atoms in total. The summed E-state index contributed by atoms with van der Waals surface area (Å²) in [6, 6.07) is 9.44. The summed E-state index contributed by atoms with van der Waals surface area (Å²) in [5.41, 5.74) is 0.879. The van der Waals surface area contributed by atoms with Crippen LogP contribution in [0.1, 0.15) is 6.92 Å². The fourth-order valence-corrected chi connectivity index (χ4v) is 1.29. The minimum Gasteiger partial charge on any atom is -0.376 e. The number of benzene rings is 1. The number of halogens is 1. The van der Waals surface area contributed by atoms with E-state index in [1.807, 2.05) is 37.3 Å². The van der Waals surface area contributed by atoms with E-state index in [4.69, 9.17) is 0 Å². The fourth-order valence-electron chi connectivity index (χ4n) is 1.29. The van der Waals surface area contributed by atoms with Gasteiger partial charge in [0, 0.05) is 19.3 Å². The molecule has 6 heteroatoms. The number of likely N-dealkylation sites (N-methyl/N-ethyl adjacent to an activating group) is 1. The second-order valence-electron chi connectivity index (χ2n) is 3.90. The summed E-state index contributed by atoms with van der Waals surface area (Å²) in [5, 5.41) is 5.55. The van der Waals surface area contributed by atoms with E-state index in [-0.39, 0.29) is 37.3 Å². The molecule has 0 atom stereocenters. The highest BCUT2D eigenvalue weighted by atomic mass is 35.5. The molecule has 0 heterocycles. The Morgan fingerprint density at radius 2 is 1.79 bits per heavy atom. The fraction of sp³-hybridized carbons (Fsp3) is 0.385. The van der Waals surface area contributed by atoms with Gasteiger partial charge >= 0.3 is 0 Å². The molecular formula is C13H20ClN3O2. The molecule has 0 radical (unpaired) electrons. The Hall–Kier alpha value is -1.75. The predicted molar refractivity (Wildman–Crippen MR) is 78.5 cm³/mol. The Bertz CT molecular complexity index is 398. The molecule has 0 saturated heterocycles. The van der Waals surface area contributed by atoms with Gasteiger partial charge in [-0.15, -0.1) is 12.4 Å². The molecule has 0 bridgehead atoms. The summed E-state index contributed by atoms with van der Waals surface area (Å²) in [6.45, 7) is 2.72. The molecule has 1 aromatic carbocycles. The Kier molecular flexibility index (Phi) is 8.37. The van der Waals surface area contributed by atoms with E-state index in [2.05, 4.69) is 10.6 Å². The second kappa shape index (κ2) is 9.22. The third kappa shape index (κ3) is 6.67. The second-order valence-corrected chi connectivity index (χ2v) is 3.90. The van der Waals surface area contributed by atoms with Crippen LogP contribution < -0.4 is 10.6 Å². The Morgan fingerprint density at radius 1 is 1.16 bits per heavy atom. The highest BCUT2D eigenvalue weighted by molar-refractivity contribution is 5.86. The first-order valence-electron chi connectivity index (χ1n) is 5.93. The van der Waals surface area contributed by atoms with Gasteiger partial charge in [0.2, 0.25) is 11.8 Å². The molecule has 0 aliphatic carbocycles. The number of rotatable bonds is 6. The van der Waals surface area contributed by atoms with E-state index in [0.29, 0.717) is 6.54 Å². The van der Waals surface area contributed by atoms with Crippen molar-refractivity contribution in [3.63, 3.8) is 0 Å². The zero-order valence-electron chi connectivity index (χ0n) is 11.2. The van der Waals surface area contributed by atoms with Crippen LogP contribution in [0.2, 0.25) is 0 Å². The van der Waals surface area contributed by atoms with Gasteiger partial charge in [0.15, 0.2) is 0 Å². The first-order chi connectivity index (χ1) is 8.63. The van der Waals surface area contributed by atoms with E-state index in [9.17, 15) is 9.59 Å². The highest BCUT2D eigenvalue weighted by Gasteiger charge is 2.08. The number of carbonyl (C=O) groups excluding carboxylic acids is 2. The lowest BCUT2D eigenvalue weighted by Gasteiger charge is -2.14. The third-order valence-corrected chi connectivity index (χ3v) is 2.56. The van der Waals surface area contributed by atoms with Gasteiger partial charge in [-0.25, -0.2) is 0 Å². The van der Waals surface area contributed by atoms with Crippen LogP contribution in [-0.4, -0.2) is 43.4 Å². The summed E-state index contributed by atoms with van der Waals surface area (Å²) in [6.07, 6.45) is 0. The number of nitrogens with one attached hydrogen (secondary N) is 2. The van der Waals surface area contributed by atoms with Crippen LogP contribution in [-0.2, 0) is 9.59 Å².